The molecule has 1 aromatic rings. The minimum absolute atomic E-state index is 0.0453. The molecular formula is C25H34O5. The number of carbonyl (C=O) groups is 4. The van der Waals surface area contributed by atoms with E-state index < -0.39 is 0 Å². The maximum absolute atomic E-state index is 12.2. The molecule has 1 atom stereocenters. The molecule has 0 aliphatic carbocycles. The van der Waals surface area contributed by atoms with Gasteiger partial charge in [0, 0.05) is 48.0 Å². The van der Waals surface area contributed by atoms with Gasteiger partial charge in [-0.1, -0.05) is 32.6 Å². The summed E-state index contributed by atoms with van der Waals surface area (Å²) in [5.41, 5.74) is 1.61. The number of aliphatic hydroxyl groups excluding tert-OH is 1. The molecule has 0 saturated carbocycles. The fourth-order valence-electron chi connectivity index (χ4n) is 2.40. The molecule has 0 aliphatic rings. The topological polar surface area (TPSA) is 88.5 Å². The molecule has 1 unspecified atom stereocenters. The second kappa shape index (κ2) is 14.4. The molecule has 1 N–H and O–H groups in total. The molecule has 0 aromatic heterocycles. The lowest BCUT2D eigenvalue weighted by molar-refractivity contribution is -0.121. The summed E-state index contributed by atoms with van der Waals surface area (Å²) < 4.78 is 0. The van der Waals surface area contributed by atoms with Crippen LogP contribution in [0.25, 0.3) is 0 Å². The van der Waals surface area contributed by atoms with Crippen LogP contribution in [0.4, 0.5) is 0 Å². The van der Waals surface area contributed by atoms with Crippen molar-refractivity contribution in [3.8, 4) is 11.8 Å². The van der Waals surface area contributed by atoms with Crippen molar-refractivity contribution >= 4 is 23.1 Å². The van der Waals surface area contributed by atoms with E-state index in [0.29, 0.717) is 36.8 Å². The highest BCUT2D eigenvalue weighted by Gasteiger charge is 2.17. The van der Waals surface area contributed by atoms with Gasteiger partial charge in [-0.25, -0.2) is 0 Å². The normalized spacial score (nSPS) is 10.9. The average molecular weight is 415 g/mol. The second-order valence-corrected chi connectivity index (χ2v) is 7.72. The molecule has 30 heavy (non-hydrogen) atoms. The molecule has 5 heteroatoms. The lowest BCUT2D eigenvalue weighted by atomic mass is 9.93. The van der Waals surface area contributed by atoms with Crippen molar-refractivity contribution in [1.29, 1.82) is 0 Å². The summed E-state index contributed by atoms with van der Waals surface area (Å²) in [4.78, 5) is 44.9. The van der Waals surface area contributed by atoms with Crippen LogP contribution in [0.1, 0.15) is 93.5 Å². The predicted octanol–water partition coefficient (Wildman–Crippen LogP) is 4.43. The van der Waals surface area contributed by atoms with Gasteiger partial charge in [-0.2, -0.15) is 0 Å². The maximum Gasteiger partial charge on any atom is 0.166 e. The minimum atomic E-state index is -0.161. The van der Waals surface area contributed by atoms with Crippen LogP contribution in [0.3, 0.4) is 0 Å². The first-order chi connectivity index (χ1) is 14.0. The van der Waals surface area contributed by atoms with Gasteiger partial charge in [0.2, 0.25) is 0 Å². The van der Waals surface area contributed by atoms with Gasteiger partial charge in [0.15, 0.2) is 11.6 Å². The molecule has 164 valence electrons. The van der Waals surface area contributed by atoms with E-state index in [9.17, 15) is 19.2 Å². The van der Waals surface area contributed by atoms with Crippen molar-refractivity contribution in [2.75, 3.05) is 6.61 Å². The van der Waals surface area contributed by atoms with Crippen LogP contribution in [-0.4, -0.2) is 34.8 Å². The summed E-state index contributed by atoms with van der Waals surface area (Å²) in [6.07, 6.45) is 2.47. The molecule has 1 rings (SSSR count). The molecule has 0 saturated heterocycles. The molecule has 0 radical (unpaired) electrons. The summed E-state index contributed by atoms with van der Waals surface area (Å²) in [5.74, 6) is 5.94. The molecule has 5 nitrogen and oxygen atoms in total. The fraction of sp³-hybridized carbons (Fsp3) is 0.520. The van der Waals surface area contributed by atoms with Gasteiger partial charge in [-0.15, -0.1) is 0 Å². The number of ketones is 4. The third-order valence-corrected chi connectivity index (χ3v) is 4.50. The lowest BCUT2D eigenvalue weighted by Crippen LogP contribution is -2.12. The molecule has 0 amide bonds. The van der Waals surface area contributed by atoms with E-state index in [4.69, 9.17) is 5.11 Å². The van der Waals surface area contributed by atoms with E-state index >= 15 is 0 Å². The van der Waals surface area contributed by atoms with Crippen LogP contribution in [0, 0.1) is 23.7 Å². The zero-order valence-corrected chi connectivity index (χ0v) is 19.0. The highest BCUT2D eigenvalue weighted by molar-refractivity contribution is 6.08. The Balaban J connectivity index is 0.000000710. The summed E-state index contributed by atoms with van der Waals surface area (Å²) in [7, 11) is 0. The van der Waals surface area contributed by atoms with Gasteiger partial charge >= 0.3 is 0 Å². The smallest absolute Gasteiger partial charge is 0.166 e. The van der Waals surface area contributed by atoms with Crippen molar-refractivity contribution in [2.24, 2.45) is 11.8 Å². The number of rotatable bonds is 9. The standard InChI is InChI=1S/C17H20O3.C8H14O2/c1-12(2)17(20)16-11-14(7-5-4-6-10-18)8-9-15(16)13(3)19;1-6(8(3)10)4-5-7(2)9/h8-9,11-12,18H,4,6,10H2,1-3H3;6H,4-5H2,1-3H3. The van der Waals surface area contributed by atoms with Crippen molar-refractivity contribution < 1.29 is 24.3 Å². The van der Waals surface area contributed by atoms with Crippen molar-refractivity contribution in [1.82, 2.24) is 0 Å². The number of Topliss-reactive ketones (excluding diaryl/α,β-unsaturated/α-hetero) is 4. The Morgan fingerprint density at radius 2 is 1.63 bits per heavy atom. The zero-order valence-electron chi connectivity index (χ0n) is 19.0. The quantitative estimate of drug-likeness (QED) is 0.367. The van der Waals surface area contributed by atoms with Crippen LogP contribution in [0.2, 0.25) is 0 Å². The van der Waals surface area contributed by atoms with E-state index in [0.717, 1.165) is 5.56 Å². The molecule has 0 spiro atoms. The van der Waals surface area contributed by atoms with Crippen LogP contribution < -0.4 is 0 Å². The monoisotopic (exact) mass is 414 g/mol. The van der Waals surface area contributed by atoms with Crippen molar-refractivity contribution in [3.05, 3.63) is 34.9 Å². The summed E-state index contributed by atoms with van der Waals surface area (Å²) >= 11 is 0. The van der Waals surface area contributed by atoms with Gasteiger partial charge in [-0.05, 0) is 51.8 Å². The number of benzene rings is 1. The molecule has 0 aliphatic heterocycles. The Labute approximate surface area is 180 Å². The number of hydrogen-bond donors (Lipinski definition) is 1. The Kier molecular flexibility index (Phi) is 13.2. The number of aliphatic hydroxyl groups is 1. The summed E-state index contributed by atoms with van der Waals surface area (Å²) in [5, 5.41) is 8.69. The highest BCUT2D eigenvalue weighted by Crippen LogP contribution is 2.17. The van der Waals surface area contributed by atoms with Gasteiger partial charge in [0.1, 0.15) is 11.6 Å². The molecule has 1 aromatic carbocycles. The maximum atomic E-state index is 12.2. The average Bonchev–Trinajstić information content (AvgIpc) is 2.68. The lowest BCUT2D eigenvalue weighted by Gasteiger charge is -2.09. The van der Waals surface area contributed by atoms with Crippen LogP contribution in [0.5, 0.6) is 0 Å². The molecule has 0 fully saturated rings. The predicted molar refractivity (Wildman–Crippen MR) is 119 cm³/mol. The number of carbonyl (C=O) groups excluding carboxylic acids is 4. The fourth-order valence-corrected chi connectivity index (χ4v) is 2.40. The van der Waals surface area contributed by atoms with E-state index in [1.165, 1.54) is 6.92 Å². The largest absolute Gasteiger partial charge is 0.396 e. The van der Waals surface area contributed by atoms with E-state index in [-0.39, 0.29) is 41.6 Å². The number of hydrogen-bond acceptors (Lipinski definition) is 5. The Hall–Kier alpha value is -2.58. The molecule has 0 bridgehead atoms. The van der Waals surface area contributed by atoms with Gasteiger partial charge in [0.25, 0.3) is 0 Å². The van der Waals surface area contributed by atoms with Crippen molar-refractivity contribution in [2.45, 2.75) is 67.2 Å². The van der Waals surface area contributed by atoms with Crippen LogP contribution in [0.15, 0.2) is 18.2 Å². The summed E-state index contributed by atoms with van der Waals surface area (Å²) in [6, 6.07) is 5.10. The Morgan fingerprint density at radius 3 is 2.10 bits per heavy atom. The van der Waals surface area contributed by atoms with E-state index in [1.807, 2.05) is 20.8 Å². The van der Waals surface area contributed by atoms with E-state index in [1.54, 1.807) is 32.0 Å². The SMILES string of the molecule is CC(=O)CCC(C)C(C)=O.CC(=O)c1ccc(C#CCCCO)cc1C(=O)C(C)C. The minimum Gasteiger partial charge on any atom is -0.396 e. The zero-order chi connectivity index (χ0) is 23.3. The van der Waals surface area contributed by atoms with E-state index in [2.05, 4.69) is 11.8 Å². The van der Waals surface area contributed by atoms with Crippen molar-refractivity contribution in [3.63, 3.8) is 0 Å². The number of unbranched alkanes of at least 4 members (excludes halogenated alkanes) is 1. The van der Waals surface area contributed by atoms with Crippen LogP contribution in [-0.2, 0) is 9.59 Å². The third-order valence-electron chi connectivity index (χ3n) is 4.50. The first-order valence-electron chi connectivity index (χ1n) is 10.3. The second-order valence-electron chi connectivity index (χ2n) is 7.72. The van der Waals surface area contributed by atoms with Gasteiger partial charge < -0.3 is 9.90 Å². The first-order valence-corrected chi connectivity index (χ1v) is 10.3. The van der Waals surface area contributed by atoms with Crippen LogP contribution >= 0.6 is 0 Å². The highest BCUT2D eigenvalue weighted by atomic mass is 16.3. The van der Waals surface area contributed by atoms with Gasteiger partial charge in [0.05, 0.1) is 0 Å². The Bertz CT molecular complexity index is 809. The molecule has 0 heterocycles. The van der Waals surface area contributed by atoms with Gasteiger partial charge in [-0.3, -0.25) is 14.4 Å². The molecular weight excluding hydrogens is 380 g/mol. The summed E-state index contributed by atoms with van der Waals surface area (Å²) in [6.45, 7) is 10.2. The Morgan fingerprint density at radius 1 is 1.00 bits per heavy atom. The first kappa shape index (κ1) is 27.4. The third kappa shape index (κ3) is 10.8.